The Morgan fingerprint density at radius 3 is 2.95 bits per heavy atom. The van der Waals surface area contributed by atoms with Crippen LogP contribution in [0, 0.1) is 5.82 Å². The fraction of sp³-hybridized carbons (Fsp3) is 0.235. The molecule has 0 bridgehead atoms. The Balaban J connectivity index is 2.01. The molecule has 0 aliphatic heterocycles. The third kappa shape index (κ3) is 3.12. The molecular formula is C17H17FN2S. The Bertz CT molecular complexity index is 724. The minimum Gasteiger partial charge on any atom is -0.306 e. The predicted octanol–water partition coefficient (Wildman–Crippen LogP) is 4.52. The van der Waals surface area contributed by atoms with Crippen LogP contribution in [0.4, 0.5) is 4.39 Å². The van der Waals surface area contributed by atoms with Crippen LogP contribution in [0.3, 0.4) is 0 Å². The molecule has 3 rings (SSSR count). The first-order chi connectivity index (χ1) is 10.3. The van der Waals surface area contributed by atoms with Crippen molar-refractivity contribution < 1.29 is 4.39 Å². The van der Waals surface area contributed by atoms with Gasteiger partial charge in [0.05, 0.1) is 6.04 Å². The zero-order valence-electron chi connectivity index (χ0n) is 11.8. The smallest absolute Gasteiger partial charge is 0.124 e. The second-order valence-electron chi connectivity index (χ2n) is 5.00. The molecule has 0 radical (unpaired) electrons. The molecule has 2 heterocycles. The minimum atomic E-state index is -0.185. The monoisotopic (exact) mass is 300 g/mol. The normalized spacial score (nSPS) is 12.7. The van der Waals surface area contributed by atoms with Crippen molar-refractivity contribution in [2.75, 3.05) is 6.54 Å². The maximum absolute atomic E-state index is 13.4. The Hall–Kier alpha value is -1.78. The predicted molar refractivity (Wildman–Crippen MR) is 86.2 cm³/mol. The standard InChI is InChI=1S/C17H17FN2S/c1-2-7-20-17(13-4-3-8-19-11-13)16-9-12-5-6-14(18)10-15(12)21-16/h3-6,8-11,17,20H,2,7H2,1H3. The van der Waals surface area contributed by atoms with E-state index in [1.807, 2.05) is 18.3 Å². The number of rotatable bonds is 5. The molecule has 3 aromatic rings. The second-order valence-corrected chi connectivity index (χ2v) is 6.12. The fourth-order valence-electron chi connectivity index (χ4n) is 2.39. The summed E-state index contributed by atoms with van der Waals surface area (Å²) >= 11 is 1.63. The third-order valence-electron chi connectivity index (χ3n) is 3.40. The molecular weight excluding hydrogens is 283 g/mol. The second kappa shape index (κ2) is 6.33. The lowest BCUT2D eigenvalue weighted by Gasteiger charge is -2.17. The van der Waals surface area contributed by atoms with E-state index in [-0.39, 0.29) is 11.9 Å². The van der Waals surface area contributed by atoms with Crippen molar-refractivity contribution in [2.45, 2.75) is 19.4 Å². The molecule has 1 aromatic carbocycles. The Labute approximate surface area is 127 Å². The number of fused-ring (bicyclic) bond motifs is 1. The van der Waals surface area contributed by atoms with E-state index in [1.54, 1.807) is 23.6 Å². The maximum atomic E-state index is 13.4. The van der Waals surface area contributed by atoms with Crippen molar-refractivity contribution in [1.82, 2.24) is 10.3 Å². The number of hydrogen-bond acceptors (Lipinski definition) is 3. The lowest BCUT2D eigenvalue weighted by Crippen LogP contribution is -2.22. The van der Waals surface area contributed by atoms with E-state index in [1.165, 1.54) is 10.9 Å². The Kier molecular flexibility index (Phi) is 4.27. The summed E-state index contributed by atoms with van der Waals surface area (Å²) in [4.78, 5) is 5.40. The van der Waals surface area contributed by atoms with Crippen molar-refractivity contribution in [1.29, 1.82) is 0 Å². The average Bonchev–Trinajstić information content (AvgIpc) is 2.91. The molecule has 4 heteroatoms. The molecule has 0 aliphatic rings. The van der Waals surface area contributed by atoms with E-state index in [0.717, 1.165) is 28.6 Å². The van der Waals surface area contributed by atoms with Gasteiger partial charge < -0.3 is 5.32 Å². The van der Waals surface area contributed by atoms with Gasteiger partial charge in [-0.3, -0.25) is 4.98 Å². The summed E-state index contributed by atoms with van der Waals surface area (Å²) in [6.45, 7) is 3.08. The summed E-state index contributed by atoms with van der Waals surface area (Å²) in [5.74, 6) is -0.185. The number of pyridine rings is 1. The van der Waals surface area contributed by atoms with Crippen LogP contribution in [0.2, 0.25) is 0 Å². The summed E-state index contributed by atoms with van der Waals surface area (Å²) in [6, 6.07) is 11.2. The van der Waals surface area contributed by atoms with Crippen LogP contribution in [-0.4, -0.2) is 11.5 Å². The van der Waals surface area contributed by atoms with Gasteiger partial charge in [-0.25, -0.2) is 4.39 Å². The molecule has 1 unspecified atom stereocenters. The summed E-state index contributed by atoms with van der Waals surface area (Å²) in [6.07, 6.45) is 4.73. The summed E-state index contributed by atoms with van der Waals surface area (Å²) in [5, 5.41) is 4.64. The van der Waals surface area contributed by atoms with E-state index < -0.39 is 0 Å². The van der Waals surface area contributed by atoms with E-state index in [4.69, 9.17) is 0 Å². The molecule has 0 saturated heterocycles. The molecule has 0 spiro atoms. The molecule has 2 nitrogen and oxygen atoms in total. The first-order valence-corrected chi connectivity index (χ1v) is 7.92. The summed E-state index contributed by atoms with van der Waals surface area (Å²) in [7, 11) is 0. The van der Waals surface area contributed by atoms with Crippen LogP contribution >= 0.6 is 11.3 Å². The van der Waals surface area contributed by atoms with E-state index in [0.29, 0.717) is 0 Å². The van der Waals surface area contributed by atoms with Crippen LogP contribution < -0.4 is 5.32 Å². The highest BCUT2D eigenvalue weighted by Crippen LogP contribution is 2.33. The lowest BCUT2D eigenvalue weighted by molar-refractivity contribution is 0.604. The Morgan fingerprint density at radius 1 is 1.29 bits per heavy atom. The number of hydrogen-bond donors (Lipinski definition) is 1. The van der Waals surface area contributed by atoms with Crippen LogP contribution in [0.15, 0.2) is 48.8 Å². The number of thiophene rings is 1. The lowest BCUT2D eigenvalue weighted by atomic mass is 10.1. The molecule has 0 saturated carbocycles. The number of nitrogens with one attached hydrogen (secondary N) is 1. The summed E-state index contributed by atoms with van der Waals surface area (Å²) in [5.41, 5.74) is 1.14. The molecule has 0 amide bonds. The van der Waals surface area contributed by atoms with Gasteiger partial charge in [0, 0.05) is 22.0 Å². The van der Waals surface area contributed by atoms with Gasteiger partial charge in [0.1, 0.15) is 5.82 Å². The average molecular weight is 300 g/mol. The van der Waals surface area contributed by atoms with Gasteiger partial charge in [-0.05, 0) is 48.2 Å². The SMILES string of the molecule is CCCNC(c1cccnc1)c1cc2ccc(F)cc2s1. The van der Waals surface area contributed by atoms with Gasteiger partial charge in [-0.2, -0.15) is 0 Å². The van der Waals surface area contributed by atoms with Crippen molar-refractivity contribution >= 4 is 21.4 Å². The zero-order chi connectivity index (χ0) is 14.7. The van der Waals surface area contributed by atoms with Crippen molar-refractivity contribution in [3.63, 3.8) is 0 Å². The van der Waals surface area contributed by atoms with Crippen molar-refractivity contribution in [2.24, 2.45) is 0 Å². The van der Waals surface area contributed by atoms with Gasteiger partial charge in [0.25, 0.3) is 0 Å². The topological polar surface area (TPSA) is 24.9 Å². The summed E-state index contributed by atoms with van der Waals surface area (Å²) < 4.78 is 14.3. The van der Waals surface area contributed by atoms with Gasteiger partial charge >= 0.3 is 0 Å². The van der Waals surface area contributed by atoms with Crippen LogP contribution in [0.5, 0.6) is 0 Å². The van der Waals surface area contributed by atoms with Gasteiger partial charge in [-0.15, -0.1) is 11.3 Å². The molecule has 108 valence electrons. The molecule has 1 N–H and O–H groups in total. The van der Waals surface area contributed by atoms with E-state index >= 15 is 0 Å². The largest absolute Gasteiger partial charge is 0.306 e. The van der Waals surface area contributed by atoms with Crippen LogP contribution in [0.25, 0.3) is 10.1 Å². The molecule has 0 aliphatic carbocycles. The number of nitrogens with zero attached hydrogens (tertiary/aromatic N) is 1. The number of benzene rings is 1. The van der Waals surface area contributed by atoms with Crippen LogP contribution in [0.1, 0.15) is 29.8 Å². The van der Waals surface area contributed by atoms with E-state index in [9.17, 15) is 4.39 Å². The molecule has 21 heavy (non-hydrogen) atoms. The molecule has 0 fully saturated rings. The first kappa shape index (κ1) is 14.2. The van der Waals surface area contributed by atoms with Crippen LogP contribution in [-0.2, 0) is 0 Å². The number of halogens is 1. The minimum absolute atomic E-state index is 0.110. The highest BCUT2D eigenvalue weighted by Gasteiger charge is 2.16. The molecule has 2 aromatic heterocycles. The first-order valence-electron chi connectivity index (χ1n) is 7.10. The van der Waals surface area contributed by atoms with Gasteiger partial charge in [0.15, 0.2) is 0 Å². The van der Waals surface area contributed by atoms with E-state index in [2.05, 4.69) is 29.4 Å². The molecule has 1 atom stereocenters. The van der Waals surface area contributed by atoms with Gasteiger partial charge in [0.2, 0.25) is 0 Å². The highest BCUT2D eigenvalue weighted by molar-refractivity contribution is 7.19. The highest BCUT2D eigenvalue weighted by atomic mass is 32.1. The van der Waals surface area contributed by atoms with Crippen molar-refractivity contribution in [3.05, 3.63) is 65.0 Å². The fourth-order valence-corrected chi connectivity index (χ4v) is 3.58. The maximum Gasteiger partial charge on any atom is 0.124 e. The quantitative estimate of drug-likeness (QED) is 0.749. The Morgan fingerprint density at radius 2 is 2.19 bits per heavy atom. The number of aromatic nitrogens is 1. The van der Waals surface area contributed by atoms with Crippen molar-refractivity contribution in [3.8, 4) is 0 Å². The zero-order valence-corrected chi connectivity index (χ0v) is 12.7. The third-order valence-corrected chi connectivity index (χ3v) is 4.56. The van der Waals surface area contributed by atoms with Gasteiger partial charge in [-0.1, -0.05) is 19.1 Å².